The van der Waals surface area contributed by atoms with Crippen molar-refractivity contribution in [3.63, 3.8) is 0 Å². The van der Waals surface area contributed by atoms with Crippen molar-refractivity contribution >= 4 is 5.69 Å². The molecule has 2 unspecified atom stereocenters. The van der Waals surface area contributed by atoms with E-state index >= 15 is 0 Å². The molecule has 2 aliphatic rings. The van der Waals surface area contributed by atoms with Gasteiger partial charge in [0.1, 0.15) is 0 Å². The van der Waals surface area contributed by atoms with E-state index in [0.717, 1.165) is 19.1 Å². The van der Waals surface area contributed by atoms with Gasteiger partial charge in [-0.15, -0.1) is 0 Å². The number of aryl methyl sites for hydroxylation is 1. The third-order valence-electron chi connectivity index (χ3n) is 5.55. The molecule has 21 heavy (non-hydrogen) atoms. The van der Waals surface area contributed by atoms with Crippen LogP contribution in [-0.4, -0.2) is 50.2 Å². The molecule has 1 aliphatic heterocycles. The number of likely N-dealkylation sites (N-methyl/N-ethyl adjacent to an activating group) is 1. The second-order valence-electron chi connectivity index (χ2n) is 6.64. The first kappa shape index (κ1) is 14.9. The molecular weight excluding hydrogens is 258 g/mol. The van der Waals surface area contributed by atoms with Crippen molar-refractivity contribution < 1.29 is 0 Å². The Morgan fingerprint density at radius 3 is 2.52 bits per heavy atom. The SMILES string of the molecule is CNC1CCCC1N1CCN(c2cccc(C)c2C)CC1. The van der Waals surface area contributed by atoms with Crippen LogP contribution < -0.4 is 10.2 Å². The number of anilines is 1. The van der Waals surface area contributed by atoms with E-state index in [1.165, 1.54) is 49.2 Å². The van der Waals surface area contributed by atoms with Crippen LogP contribution in [0.5, 0.6) is 0 Å². The van der Waals surface area contributed by atoms with Gasteiger partial charge in [0, 0.05) is 44.0 Å². The van der Waals surface area contributed by atoms with E-state index in [2.05, 4.69) is 54.2 Å². The summed E-state index contributed by atoms with van der Waals surface area (Å²) in [6, 6.07) is 8.15. The Balaban J connectivity index is 1.64. The summed E-state index contributed by atoms with van der Waals surface area (Å²) >= 11 is 0. The predicted octanol–water partition coefficient (Wildman–Crippen LogP) is 2.57. The third-order valence-corrected chi connectivity index (χ3v) is 5.55. The Morgan fingerprint density at radius 1 is 1.05 bits per heavy atom. The molecule has 0 spiro atoms. The Bertz CT molecular complexity index is 477. The van der Waals surface area contributed by atoms with Crippen LogP contribution in [-0.2, 0) is 0 Å². The summed E-state index contributed by atoms with van der Waals surface area (Å²) in [5.41, 5.74) is 4.28. The van der Waals surface area contributed by atoms with E-state index in [4.69, 9.17) is 0 Å². The Hall–Kier alpha value is -1.06. The molecule has 0 aromatic heterocycles. The molecule has 2 fully saturated rings. The minimum Gasteiger partial charge on any atom is -0.369 e. The van der Waals surface area contributed by atoms with Gasteiger partial charge >= 0.3 is 0 Å². The quantitative estimate of drug-likeness (QED) is 0.922. The molecule has 116 valence electrons. The molecule has 1 aromatic carbocycles. The van der Waals surface area contributed by atoms with Gasteiger partial charge in [0.25, 0.3) is 0 Å². The number of rotatable bonds is 3. The maximum atomic E-state index is 3.52. The first-order valence-electron chi connectivity index (χ1n) is 8.43. The van der Waals surface area contributed by atoms with Crippen LogP contribution >= 0.6 is 0 Å². The third kappa shape index (κ3) is 2.95. The number of piperazine rings is 1. The average Bonchev–Trinajstić information content (AvgIpc) is 2.99. The van der Waals surface area contributed by atoms with Gasteiger partial charge in [0.05, 0.1) is 0 Å². The van der Waals surface area contributed by atoms with Gasteiger partial charge in [0.15, 0.2) is 0 Å². The summed E-state index contributed by atoms with van der Waals surface area (Å²) in [6.07, 6.45) is 4.10. The maximum absolute atomic E-state index is 3.52. The zero-order valence-electron chi connectivity index (χ0n) is 13.7. The van der Waals surface area contributed by atoms with Crippen LogP contribution in [0.25, 0.3) is 0 Å². The van der Waals surface area contributed by atoms with E-state index < -0.39 is 0 Å². The summed E-state index contributed by atoms with van der Waals surface area (Å²) in [4.78, 5) is 5.29. The number of benzene rings is 1. The minimum atomic E-state index is 0.706. The first-order valence-corrected chi connectivity index (χ1v) is 8.43. The van der Waals surface area contributed by atoms with Gasteiger partial charge in [-0.2, -0.15) is 0 Å². The van der Waals surface area contributed by atoms with Crippen LogP contribution in [0.15, 0.2) is 18.2 Å². The summed E-state index contributed by atoms with van der Waals surface area (Å²) < 4.78 is 0. The fourth-order valence-corrected chi connectivity index (χ4v) is 4.09. The molecule has 1 aromatic rings. The van der Waals surface area contributed by atoms with E-state index in [1.807, 2.05) is 0 Å². The van der Waals surface area contributed by atoms with Crippen LogP contribution in [0.2, 0.25) is 0 Å². The first-order chi connectivity index (χ1) is 10.2. The zero-order chi connectivity index (χ0) is 14.8. The van der Waals surface area contributed by atoms with Gasteiger partial charge in [-0.3, -0.25) is 4.90 Å². The molecule has 0 radical (unpaired) electrons. The zero-order valence-corrected chi connectivity index (χ0v) is 13.7. The predicted molar refractivity (Wildman–Crippen MR) is 90.2 cm³/mol. The number of hydrogen-bond donors (Lipinski definition) is 1. The highest BCUT2D eigenvalue weighted by Gasteiger charge is 2.32. The number of hydrogen-bond acceptors (Lipinski definition) is 3. The standard InChI is InChI=1S/C18H29N3/c1-14-6-4-8-17(15(14)2)20-10-12-21(13-11-20)18-9-5-7-16(18)19-3/h4,6,8,16,18-19H,5,7,9-13H2,1-3H3. The topological polar surface area (TPSA) is 18.5 Å². The highest BCUT2D eigenvalue weighted by Crippen LogP contribution is 2.28. The molecule has 0 bridgehead atoms. The van der Waals surface area contributed by atoms with Gasteiger partial charge in [0.2, 0.25) is 0 Å². The molecule has 1 aliphatic carbocycles. The van der Waals surface area contributed by atoms with E-state index in [1.54, 1.807) is 0 Å². The molecule has 1 saturated carbocycles. The molecule has 3 rings (SSSR count). The summed E-state index contributed by atoms with van der Waals surface area (Å²) in [7, 11) is 2.12. The number of nitrogens with one attached hydrogen (secondary N) is 1. The van der Waals surface area contributed by atoms with Crippen molar-refractivity contribution in [1.82, 2.24) is 10.2 Å². The van der Waals surface area contributed by atoms with Crippen molar-refractivity contribution in [2.24, 2.45) is 0 Å². The lowest BCUT2D eigenvalue weighted by atomic mass is 10.1. The summed E-state index contributed by atoms with van der Waals surface area (Å²) in [5, 5.41) is 3.52. The molecule has 3 nitrogen and oxygen atoms in total. The lowest BCUT2D eigenvalue weighted by Gasteiger charge is -2.41. The summed E-state index contributed by atoms with van der Waals surface area (Å²) in [5.74, 6) is 0. The van der Waals surface area contributed by atoms with Crippen LogP contribution in [0.4, 0.5) is 5.69 Å². The van der Waals surface area contributed by atoms with Gasteiger partial charge < -0.3 is 10.2 Å². The molecular formula is C18H29N3. The maximum Gasteiger partial charge on any atom is 0.0399 e. The largest absolute Gasteiger partial charge is 0.369 e. The van der Waals surface area contributed by atoms with E-state index in [0.29, 0.717) is 6.04 Å². The molecule has 3 heteroatoms. The highest BCUT2D eigenvalue weighted by atomic mass is 15.3. The molecule has 1 saturated heterocycles. The van der Waals surface area contributed by atoms with Crippen LogP contribution in [0.3, 0.4) is 0 Å². The van der Waals surface area contributed by atoms with Gasteiger partial charge in [-0.05, 0) is 50.9 Å². The van der Waals surface area contributed by atoms with Crippen LogP contribution in [0, 0.1) is 13.8 Å². The van der Waals surface area contributed by atoms with E-state index in [-0.39, 0.29) is 0 Å². The Kier molecular flexibility index (Phi) is 4.51. The monoisotopic (exact) mass is 287 g/mol. The normalized spacial score (nSPS) is 27.3. The second kappa shape index (κ2) is 6.37. The van der Waals surface area contributed by atoms with Crippen LogP contribution in [0.1, 0.15) is 30.4 Å². The van der Waals surface area contributed by atoms with Crippen molar-refractivity contribution in [1.29, 1.82) is 0 Å². The highest BCUT2D eigenvalue weighted by molar-refractivity contribution is 5.56. The fourth-order valence-electron chi connectivity index (χ4n) is 4.09. The fraction of sp³-hybridized carbons (Fsp3) is 0.667. The Morgan fingerprint density at radius 2 is 1.81 bits per heavy atom. The molecule has 1 heterocycles. The van der Waals surface area contributed by atoms with Gasteiger partial charge in [-0.25, -0.2) is 0 Å². The second-order valence-corrected chi connectivity index (χ2v) is 6.64. The molecule has 0 amide bonds. The van der Waals surface area contributed by atoms with Gasteiger partial charge in [-0.1, -0.05) is 18.6 Å². The van der Waals surface area contributed by atoms with Crippen molar-refractivity contribution in [3.8, 4) is 0 Å². The van der Waals surface area contributed by atoms with Crippen molar-refractivity contribution in [2.75, 3.05) is 38.1 Å². The number of nitrogens with zero attached hydrogens (tertiary/aromatic N) is 2. The van der Waals surface area contributed by atoms with E-state index in [9.17, 15) is 0 Å². The summed E-state index contributed by atoms with van der Waals surface area (Å²) in [6.45, 7) is 9.21. The average molecular weight is 287 g/mol. The molecule has 1 N–H and O–H groups in total. The lowest BCUT2D eigenvalue weighted by Crippen LogP contribution is -2.54. The smallest absolute Gasteiger partial charge is 0.0399 e. The lowest BCUT2D eigenvalue weighted by molar-refractivity contribution is 0.166. The minimum absolute atomic E-state index is 0.706. The molecule has 2 atom stereocenters. The Labute approximate surface area is 129 Å². The van der Waals surface area contributed by atoms with Crippen molar-refractivity contribution in [3.05, 3.63) is 29.3 Å². The van der Waals surface area contributed by atoms with Crippen molar-refractivity contribution in [2.45, 2.75) is 45.2 Å².